The van der Waals surface area contributed by atoms with Crippen LogP contribution in [0.25, 0.3) is 0 Å². The molecule has 64 heavy (non-hydrogen) atoms. The number of nitrogens with zero attached hydrogens (tertiary/aromatic N) is 1. The molecule has 5 N–H and O–H groups in total. The van der Waals surface area contributed by atoms with Crippen molar-refractivity contribution >= 4 is 0 Å². The molecule has 8 bridgehead atoms. The van der Waals surface area contributed by atoms with Gasteiger partial charge in [0.05, 0.1) is 11.2 Å². The maximum Gasteiger partial charge on any atom is 0.165 e. The average molecular weight is 881 g/mol. The van der Waals surface area contributed by atoms with Gasteiger partial charge in [-0.3, -0.25) is 4.90 Å². The number of methoxy groups -OCH3 is 2. The van der Waals surface area contributed by atoms with E-state index in [1.807, 2.05) is 27.0 Å². The number of hydrogen-bond acceptors (Lipinski definition) is 10. The lowest BCUT2D eigenvalue weighted by molar-refractivity contribution is -0.312. The van der Waals surface area contributed by atoms with Gasteiger partial charge in [0.2, 0.25) is 0 Å². The van der Waals surface area contributed by atoms with E-state index in [9.17, 15) is 20.4 Å². The number of piperidine rings is 2. The molecule has 0 amide bonds. The van der Waals surface area contributed by atoms with Crippen molar-refractivity contribution in [1.82, 2.24) is 10.2 Å². The van der Waals surface area contributed by atoms with Gasteiger partial charge in [-0.15, -0.1) is 0 Å². The minimum atomic E-state index is -0.910. The van der Waals surface area contributed by atoms with E-state index in [0.29, 0.717) is 23.6 Å². The van der Waals surface area contributed by atoms with E-state index in [0.717, 1.165) is 83.2 Å². The fraction of sp³-hybridized carbons (Fsp3) is 0.778. The molecular formula is C54H76N2O8. The van der Waals surface area contributed by atoms with Gasteiger partial charge in [0, 0.05) is 77.5 Å². The molecule has 9 aliphatic carbocycles. The molecule has 0 aromatic heterocycles. The van der Waals surface area contributed by atoms with Gasteiger partial charge in [-0.25, -0.2) is 0 Å². The Bertz CT molecular complexity index is 2310. The van der Waals surface area contributed by atoms with Crippen LogP contribution in [0.4, 0.5) is 0 Å². The van der Waals surface area contributed by atoms with Crippen molar-refractivity contribution in [3.63, 3.8) is 0 Å². The summed E-state index contributed by atoms with van der Waals surface area (Å²) < 4.78 is 26.7. The SMILES string of the molecule is CO[C@]12CC[C@@]3(C[C@@H]1[C@](C)(O)C(C)(C)C)[C@H]1Cc4ccc(O)c5c4[C@@]3(CCN1)[C@H]2O5.CO[C@]12CC[C@@]3(C[C@@H]1[C@](C)(O)C(C)(C)C)[C@H]1Cc4ccc(O)c5c4[C@@]3(CCN1CC1CC1)[C@H]2O5. The van der Waals surface area contributed by atoms with Gasteiger partial charge in [-0.2, -0.15) is 0 Å². The largest absolute Gasteiger partial charge is 0.504 e. The van der Waals surface area contributed by atoms with Gasteiger partial charge in [-0.1, -0.05) is 53.7 Å². The van der Waals surface area contributed by atoms with Crippen LogP contribution < -0.4 is 14.8 Å². The van der Waals surface area contributed by atoms with Crippen molar-refractivity contribution in [3.8, 4) is 23.0 Å². The van der Waals surface area contributed by atoms with Gasteiger partial charge >= 0.3 is 0 Å². The minimum Gasteiger partial charge on any atom is -0.504 e. The first-order chi connectivity index (χ1) is 30.1. The number of hydrogen-bond donors (Lipinski definition) is 5. The molecule has 4 spiro atoms. The summed E-state index contributed by atoms with van der Waals surface area (Å²) in [6.45, 7) is 20.1. The van der Waals surface area contributed by atoms with Crippen LogP contribution in [0.15, 0.2) is 24.3 Å². The lowest BCUT2D eigenvalue weighted by Gasteiger charge is -2.75. The van der Waals surface area contributed by atoms with E-state index >= 15 is 0 Å². The summed E-state index contributed by atoms with van der Waals surface area (Å²) in [5, 5.41) is 49.8. The van der Waals surface area contributed by atoms with Gasteiger partial charge in [0.15, 0.2) is 23.0 Å². The molecule has 0 unspecified atom stereocenters. The van der Waals surface area contributed by atoms with E-state index in [2.05, 4.69) is 63.9 Å². The third-order valence-corrected chi connectivity index (χ3v) is 22.2. The van der Waals surface area contributed by atoms with Crippen molar-refractivity contribution in [2.75, 3.05) is 33.9 Å². The summed E-state index contributed by atoms with van der Waals surface area (Å²) in [5.41, 5.74) is 1.44. The average Bonchev–Trinajstić information content (AvgIpc) is 3.87. The predicted molar refractivity (Wildman–Crippen MR) is 244 cm³/mol. The third-order valence-electron chi connectivity index (χ3n) is 22.2. The molecule has 350 valence electrons. The fourth-order valence-corrected chi connectivity index (χ4v) is 18.1. The molecular weight excluding hydrogens is 805 g/mol. The molecule has 2 saturated heterocycles. The second kappa shape index (κ2) is 12.7. The smallest absolute Gasteiger partial charge is 0.165 e. The van der Waals surface area contributed by atoms with Gasteiger partial charge in [0.1, 0.15) is 23.4 Å². The number of aliphatic hydroxyl groups is 2. The first-order valence-electron chi connectivity index (χ1n) is 25.1. The highest BCUT2D eigenvalue weighted by Gasteiger charge is 2.84. The van der Waals surface area contributed by atoms with Gasteiger partial charge in [-0.05, 0) is 144 Å². The quantitative estimate of drug-likeness (QED) is 0.197. The topological polar surface area (TPSA) is 133 Å². The zero-order valence-corrected chi connectivity index (χ0v) is 40.3. The maximum atomic E-state index is 12.2. The molecule has 2 aromatic carbocycles. The molecule has 9 fully saturated rings. The Morgan fingerprint density at radius 3 is 1.69 bits per heavy atom. The molecule has 4 heterocycles. The maximum absolute atomic E-state index is 12.2. The number of likely N-dealkylation sites (tertiary alicyclic amines) is 1. The fourth-order valence-electron chi connectivity index (χ4n) is 18.1. The third kappa shape index (κ3) is 4.62. The van der Waals surface area contributed by atoms with E-state index in [1.165, 1.54) is 41.6 Å². The molecule has 2 aromatic rings. The van der Waals surface area contributed by atoms with Crippen molar-refractivity contribution in [2.24, 2.45) is 39.4 Å². The van der Waals surface area contributed by atoms with E-state index in [4.69, 9.17) is 18.9 Å². The minimum absolute atomic E-state index is 0.0160. The standard InChI is InChI=1S/C29H41NO4.C25H35NO4/c1-25(2,3)26(4,32)20-15-27-10-11-29(20,33-5)24-28(27)12-13-30(16-17-6-7-17)21(27)14-18-8-9-19(31)23(34-24)22(18)28;1-21(2,3)22(4,28)16-13-23-8-9-25(16,29-5)20-24(23)10-11-26-17(23)12-14-6-7-15(27)19(30-20)18(14)24/h8-9,17,20-21,24,31-32H,6-7,10-16H2,1-5H3;6-7,16-17,20,26-28H,8-13H2,1-5H3/t20-,21-,24-,26+,27-,28+,29-;16-,17-,20-,22+,23-,24+,25-/m11/s1. The number of nitrogens with one attached hydrogen (secondary N) is 1. The predicted octanol–water partition coefficient (Wildman–Crippen LogP) is 7.71. The Morgan fingerprint density at radius 1 is 0.672 bits per heavy atom. The van der Waals surface area contributed by atoms with E-state index in [1.54, 1.807) is 13.2 Å². The van der Waals surface area contributed by atoms with Gasteiger partial charge in [0.25, 0.3) is 0 Å². The lowest BCUT2D eigenvalue weighted by atomic mass is 9.33. The summed E-state index contributed by atoms with van der Waals surface area (Å²) in [7, 11) is 3.63. The molecule has 14 atom stereocenters. The number of fused-ring (bicyclic) bond motifs is 4. The summed E-state index contributed by atoms with van der Waals surface area (Å²) >= 11 is 0. The lowest BCUT2D eigenvalue weighted by Crippen LogP contribution is -2.83. The van der Waals surface area contributed by atoms with Crippen LogP contribution in [-0.4, -0.2) is 106 Å². The summed E-state index contributed by atoms with van der Waals surface area (Å²) in [4.78, 5) is 2.82. The van der Waals surface area contributed by atoms with Crippen molar-refractivity contribution in [3.05, 3.63) is 46.5 Å². The summed E-state index contributed by atoms with van der Waals surface area (Å²) in [5.74, 6) is 2.69. The van der Waals surface area contributed by atoms with Crippen LogP contribution in [0.2, 0.25) is 0 Å². The molecule has 10 nitrogen and oxygen atoms in total. The van der Waals surface area contributed by atoms with Crippen LogP contribution in [0.3, 0.4) is 0 Å². The Morgan fingerprint density at radius 2 is 1.17 bits per heavy atom. The second-order valence-electron chi connectivity index (χ2n) is 25.6. The Labute approximate surface area is 381 Å². The second-order valence-corrected chi connectivity index (χ2v) is 25.6. The van der Waals surface area contributed by atoms with Crippen molar-refractivity contribution < 1.29 is 39.4 Å². The first kappa shape index (κ1) is 42.7. The molecule has 10 heteroatoms. The normalized spacial score (nSPS) is 44.4. The van der Waals surface area contributed by atoms with Crippen LogP contribution in [0.5, 0.6) is 23.0 Å². The highest BCUT2D eigenvalue weighted by atomic mass is 16.6. The monoisotopic (exact) mass is 881 g/mol. The molecule has 0 radical (unpaired) electrons. The number of ether oxygens (including phenoxy) is 4. The van der Waals surface area contributed by atoms with E-state index in [-0.39, 0.29) is 68.0 Å². The number of aromatic hydroxyl groups is 2. The zero-order chi connectivity index (χ0) is 45.2. The highest BCUT2D eigenvalue weighted by Crippen LogP contribution is 2.79. The molecule has 13 aliphatic rings. The van der Waals surface area contributed by atoms with Crippen LogP contribution in [0.1, 0.15) is 142 Å². The Hall–Kier alpha value is -2.60. The molecule has 7 saturated carbocycles. The van der Waals surface area contributed by atoms with Gasteiger partial charge < -0.3 is 44.7 Å². The zero-order valence-electron chi connectivity index (χ0n) is 40.3. The summed E-state index contributed by atoms with van der Waals surface area (Å²) in [6.07, 6.45) is 12.3. The number of benzene rings is 2. The summed E-state index contributed by atoms with van der Waals surface area (Å²) in [6, 6.07) is 8.72. The Kier molecular flexibility index (Phi) is 8.50. The first-order valence-corrected chi connectivity index (χ1v) is 25.1. The van der Waals surface area contributed by atoms with Crippen LogP contribution in [-0.2, 0) is 33.1 Å². The van der Waals surface area contributed by atoms with Crippen LogP contribution in [0, 0.1) is 39.4 Å². The Balaban J connectivity index is 0.000000136. The number of rotatable bonds is 6. The van der Waals surface area contributed by atoms with Crippen molar-refractivity contribution in [2.45, 2.75) is 190 Å². The highest BCUT2D eigenvalue weighted by molar-refractivity contribution is 5.65. The van der Waals surface area contributed by atoms with E-state index < -0.39 is 22.4 Å². The number of phenolic OH excluding ortho intramolecular Hbond substituents is 2. The van der Waals surface area contributed by atoms with Crippen LogP contribution >= 0.6 is 0 Å². The number of phenols is 2. The molecule has 15 rings (SSSR count). The van der Waals surface area contributed by atoms with Crippen molar-refractivity contribution in [1.29, 1.82) is 0 Å². The molecule has 4 aliphatic heterocycles.